The van der Waals surface area contributed by atoms with Crippen molar-refractivity contribution in [3.8, 4) is 0 Å². The number of piperidine rings is 1. The van der Waals surface area contributed by atoms with Crippen LogP contribution >= 0.6 is 0 Å². The van der Waals surface area contributed by atoms with Crippen LogP contribution in [-0.2, 0) is 27.9 Å². The summed E-state index contributed by atoms with van der Waals surface area (Å²) in [5, 5.41) is 1.89. The van der Waals surface area contributed by atoms with E-state index in [9.17, 15) is 13.2 Å². The zero-order chi connectivity index (χ0) is 25.0. The Bertz CT molecular complexity index is 1400. The molecule has 4 aromatic carbocycles. The van der Waals surface area contributed by atoms with Gasteiger partial charge in [0.2, 0.25) is 15.9 Å². The molecule has 1 saturated heterocycles. The summed E-state index contributed by atoms with van der Waals surface area (Å²) in [6.07, 6.45) is 1.34. The molecular formula is C30H30N2O3S. The number of hydrogen-bond acceptors (Lipinski definition) is 3. The van der Waals surface area contributed by atoms with Gasteiger partial charge in [-0.2, -0.15) is 4.31 Å². The second kappa shape index (κ2) is 10.6. The van der Waals surface area contributed by atoms with E-state index in [2.05, 4.69) is 0 Å². The highest BCUT2D eigenvalue weighted by molar-refractivity contribution is 7.89. The Labute approximate surface area is 213 Å². The largest absolute Gasteiger partial charge is 0.334 e. The van der Waals surface area contributed by atoms with Gasteiger partial charge < -0.3 is 4.90 Å². The van der Waals surface area contributed by atoms with Gasteiger partial charge >= 0.3 is 0 Å². The monoisotopic (exact) mass is 498 g/mol. The first-order chi connectivity index (χ1) is 17.5. The number of carbonyl (C=O) groups excluding carboxylic acids is 1. The minimum absolute atomic E-state index is 0.00103. The van der Waals surface area contributed by atoms with Gasteiger partial charge in [0.05, 0.1) is 10.8 Å². The van der Waals surface area contributed by atoms with Crippen LogP contribution in [0, 0.1) is 5.92 Å². The molecule has 5 nitrogen and oxygen atoms in total. The molecule has 1 aliphatic rings. The number of carbonyl (C=O) groups is 1. The van der Waals surface area contributed by atoms with E-state index in [0.29, 0.717) is 32.5 Å². The molecule has 6 heteroatoms. The summed E-state index contributed by atoms with van der Waals surface area (Å²) in [6.45, 7) is 1.61. The van der Waals surface area contributed by atoms with Crippen molar-refractivity contribution in [2.75, 3.05) is 13.1 Å². The molecule has 5 rings (SSSR count). The Morgan fingerprint density at radius 1 is 0.778 bits per heavy atom. The van der Waals surface area contributed by atoms with Crippen LogP contribution < -0.4 is 0 Å². The Balaban J connectivity index is 1.37. The SMILES string of the molecule is O=C([C@H]1CCCN(S(=O)(=O)c2ccc3ccccc3c2)C1)N(Cc1ccccc1)Cc1ccccc1. The summed E-state index contributed by atoms with van der Waals surface area (Å²) in [5.74, 6) is -0.373. The lowest BCUT2D eigenvalue weighted by Crippen LogP contribution is -2.46. The highest BCUT2D eigenvalue weighted by atomic mass is 32.2. The third kappa shape index (κ3) is 5.35. The van der Waals surface area contributed by atoms with Gasteiger partial charge in [0, 0.05) is 26.2 Å². The fourth-order valence-electron chi connectivity index (χ4n) is 4.92. The molecule has 36 heavy (non-hydrogen) atoms. The van der Waals surface area contributed by atoms with Crippen molar-refractivity contribution in [3.05, 3.63) is 114 Å². The quantitative estimate of drug-likeness (QED) is 0.340. The summed E-state index contributed by atoms with van der Waals surface area (Å²) in [6, 6.07) is 32.8. The van der Waals surface area contributed by atoms with E-state index in [1.165, 1.54) is 4.31 Å². The minimum Gasteiger partial charge on any atom is -0.334 e. The van der Waals surface area contributed by atoms with E-state index in [1.54, 1.807) is 12.1 Å². The topological polar surface area (TPSA) is 57.7 Å². The van der Waals surface area contributed by atoms with Crippen molar-refractivity contribution >= 4 is 26.7 Å². The zero-order valence-electron chi connectivity index (χ0n) is 20.2. The van der Waals surface area contributed by atoms with Crippen LogP contribution in [0.2, 0.25) is 0 Å². The zero-order valence-corrected chi connectivity index (χ0v) is 21.0. The first-order valence-corrected chi connectivity index (χ1v) is 13.8. The van der Waals surface area contributed by atoms with Gasteiger partial charge in [-0.3, -0.25) is 4.79 Å². The molecule has 0 aliphatic carbocycles. The Kier molecular flexibility index (Phi) is 7.16. The number of fused-ring (bicyclic) bond motifs is 1. The van der Waals surface area contributed by atoms with Crippen LogP contribution in [0.5, 0.6) is 0 Å². The second-order valence-electron chi connectivity index (χ2n) is 9.38. The van der Waals surface area contributed by atoms with E-state index < -0.39 is 10.0 Å². The molecule has 1 atom stereocenters. The lowest BCUT2D eigenvalue weighted by Gasteiger charge is -2.34. The summed E-state index contributed by atoms with van der Waals surface area (Å²) in [5.41, 5.74) is 2.11. The lowest BCUT2D eigenvalue weighted by molar-refractivity contribution is -0.138. The summed E-state index contributed by atoms with van der Waals surface area (Å²) < 4.78 is 28.6. The van der Waals surface area contributed by atoms with Gasteiger partial charge in [-0.1, -0.05) is 91.0 Å². The van der Waals surface area contributed by atoms with Gasteiger partial charge in [0.25, 0.3) is 0 Å². The highest BCUT2D eigenvalue weighted by Crippen LogP contribution is 2.28. The van der Waals surface area contributed by atoms with Crippen LogP contribution in [0.25, 0.3) is 10.8 Å². The van der Waals surface area contributed by atoms with E-state index in [-0.39, 0.29) is 23.3 Å². The number of rotatable bonds is 7. The van der Waals surface area contributed by atoms with Crippen molar-refractivity contribution in [2.45, 2.75) is 30.8 Å². The van der Waals surface area contributed by atoms with Gasteiger partial charge in [-0.05, 0) is 46.9 Å². The molecule has 1 fully saturated rings. The average Bonchev–Trinajstić information content (AvgIpc) is 2.93. The summed E-state index contributed by atoms with van der Waals surface area (Å²) in [7, 11) is -3.70. The van der Waals surface area contributed by atoms with Crippen LogP contribution in [0.1, 0.15) is 24.0 Å². The number of hydrogen-bond donors (Lipinski definition) is 0. The van der Waals surface area contributed by atoms with Crippen molar-refractivity contribution in [1.29, 1.82) is 0 Å². The summed E-state index contributed by atoms with van der Waals surface area (Å²) in [4.78, 5) is 15.9. The highest BCUT2D eigenvalue weighted by Gasteiger charge is 2.35. The number of sulfonamides is 1. The van der Waals surface area contributed by atoms with Crippen molar-refractivity contribution in [1.82, 2.24) is 9.21 Å². The van der Waals surface area contributed by atoms with Crippen LogP contribution in [0.4, 0.5) is 0 Å². The molecule has 1 amide bonds. The molecule has 184 valence electrons. The van der Waals surface area contributed by atoms with Crippen molar-refractivity contribution in [3.63, 3.8) is 0 Å². The summed E-state index contributed by atoms with van der Waals surface area (Å²) >= 11 is 0. The lowest BCUT2D eigenvalue weighted by atomic mass is 9.97. The van der Waals surface area contributed by atoms with Crippen LogP contribution in [-0.4, -0.2) is 36.6 Å². The van der Waals surface area contributed by atoms with E-state index >= 15 is 0 Å². The molecule has 4 aromatic rings. The van der Waals surface area contributed by atoms with Crippen LogP contribution in [0.15, 0.2) is 108 Å². The van der Waals surface area contributed by atoms with Crippen molar-refractivity contribution < 1.29 is 13.2 Å². The standard InChI is InChI=1S/C30H30N2O3S/c33-30(31(21-24-10-3-1-4-11-24)22-25-12-5-2-6-13-25)28-16-9-19-32(23-28)36(34,35)29-18-17-26-14-7-8-15-27(26)20-29/h1-8,10-15,17-18,20,28H,9,16,19,21-23H2/t28-/m0/s1. The normalized spacial score (nSPS) is 16.6. The molecule has 0 spiro atoms. The third-order valence-electron chi connectivity index (χ3n) is 6.84. The maximum atomic E-state index is 13.8. The predicted molar refractivity (Wildman–Crippen MR) is 143 cm³/mol. The maximum Gasteiger partial charge on any atom is 0.243 e. The second-order valence-corrected chi connectivity index (χ2v) is 11.3. The predicted octanol–water partition coefficient (Wildman–Crippen LogP) is 5.47. The Morgan fingerprint density at radius 2 is 1.36 bits per heavy atom. The van der Waals surface area contributed by atoms with Gasteiger partial charge in [0.15, 0.2) is 0 Å². The van der Waals surface area contributed by atoms with E-state index in [4.69, 9.17) is 0 Å². The number of amides is 1. The minimum atomic E-state index is -3.70. The van der Waals surface area contributed by atoms with E-state index in [0.717, 1.165) is 21.9 Å². The number of benzene rings is 4. The molecule has 0 radical (unpaired) electrons. The van der Waals surface area contributed by atoms with Crippen molar-refractivity contribution in [2.24, 2.45) is 5.92 Å². The first kappa shape index (κ1) is 24.2. The molecular weight excluding hydrogens is 468 g/mol. The molecule has 0 aromatic heterocycles. The van der Waals surface area contributed by atoms with Crippen LogP contribution in [0.3, 0.4) is 0 Å². The molecule has 0 unspecified atom stereocenters. The molecule has 1 aliphatic heterocycles. The molecule has 0 bridgehead atoms. The fourth-order valence-corrected chi connectivity index (χ4v) is 6.48. The van der Waals surface area contributed by atoms with E-state index in [1.807, 2.05) is 95.9 Å². The number of nitrogens with zero attached hydrogens (tertiary/aromatic N) is 2. The van der Waals surface area contributed by atoms with Gasteiger partial charge in [0.1, 0.15) is 0 Å². The smallest absolute Gasteiger partial charge is 0.243 e. The maximum absolute atomic E-state index is 13.8. The van der Waals surface area contributed by atoms with Gasteiger partial charge in [-0.15, -0.1) is 0 Å². The fraction of sp³-hybridized carbons (Fsp3) is 0.233. The Morgan fingerprint density at radius 3 is 2.00 bits per heavy atom. The molecule has 1 heterocycles. The Hall–Kier alpha value is -3.48. The molecule has 0 N–H and O–H groups in total. The van der Waals surface area contributed by atoms with Gasteiger partial charge in [-0.25, -0.2) is 8.42 Å². The first-order valence-electron chi connectivity index (χ1n) is 12.4. The average molecular weight is 499 g/mol. The molecule has 0 saturated carbocycles. The third-order valence-corrected chi connectivity index (χ3v) is 8.70.